The number of hydrogen-bond donors (Lipinski definition) is 0. The fourth-order valence-corrected chi connectivity index (χ4v) is 2.21. The highest BCUT2D eigenvalue weighted by Crippen LogP contribution is 2.28. The quantitative estimate of drug-likeness (QED) is 0.287. The Balaban J connectivity index is 5.24. The molecule has 0 aliphatic rings. The first-order chi connectivity index (χ1) is 12.8. The lowest BCUT2D eigenvalue weighted by Gasteiger charge is -2.33. The maximum Gasteiger partial charge on any atom is 0.322 e. The molecule has 0 unspecified atom stereocenters. The number of ether oxygens (including phenoxy) is 5. The lowest BCUT2D eigenvalue weighted by molar-refractivity contribution is -0.176. The van der Waals surface area contributed by atoms with Gasteiger partial charge in [-0.05, 0) is 34.1 Å². The van der Waals surface area contributed by atoms with Crippen LogP contribution < -0.4 is 0 Å². The van der Waals surface area contributed by atoms with Crippen LogP contribution in [-0.2, 0) is 42.9 Å². The Labute approximate surface area is 166 Å². The van der Waals surface area contributed by atoms with Crippen LogP contribution in [0.1, 0.15) is 41.0 Å². The van der Waals surface area contributed by atoms with Crippen molar-refractivity contribution in [2.24, 2.45) is 16.2 Å². The summed E-state index contributed by atoms with van der Waals surface area (Å²) in [5, 5.41) is 0. The maximum atomic E-state index is 12.3. The minimum Gasteiger partial charge on any atom is -0.468 e. The number of carbonyl (C=O) groups excluding carboxylic acids is 4. The fourth-order valence-electron chi connectivity index (χ4n) is 2.21. The molecular formula is C19H32O9. The molecule has 28 heavy (non-hydrogen) atoms. The molecule has 0 bridgehead atoms. The summed E-state index contributed by atoms with van der Waals surface area (Å²) in [7, 11) is 3.83. The van der Waals surface area contributed by atoms with Crippen molar-refractivity contribution in [3.05, 3.63) is 0 Å². The van der Waals surface area contributed by atoms with Crippen molar-refractivity contribution in [1.29, 1.82) is 0 Å². The molecule has 0 aliphatic heterocycles. The van der Waals surface area contributed by atoms with E-state index in [1.807, 2.05) is 6.92 Å². The van der Waals surface area contributed by atoms with Crippen molar-refractivity contribution >= 4 is 23.9 Å². The first-order valence-corrected chi connectivity index (χ1v) is 8.85. The molecule has 0 N–H and O–H groups in total. The molecule has 0 saturated heterocycles. The van der Waals surface area contributed by atoms with Gasteiger partial charge in [0.15, 0.2) is 10.8 Å². The number of methoxy groups -OCH3 is 3. The van der Waals surface area contributed by atoms with Crippen molar-refractivity contribution in [2.45, 2.75) is 41.0 Å². The highest BCUT2D eigenvalue weighted by molar-refractivity contribution is 5.99. The van der Waals surface area contributed by atoms with E-state index in [0.29, 0.717) is 6.42 Å². The topological polar surface area (TPSA) is 114 Å². The molecule has 0 rings (SSSR count). The van der Waals surface area contributed by atoms with Crippen LogP contribution in [0.5, 0.6) is 0 Å². The highest BCUT2D eigenvalue weighted by Gasteiger charge is 2.43. The molecule has 0 saturated carbocycles. The van der Waals surface area contributed by atoms with Gasteiger partial charge in [-0.25, -0.2) is 0 Å². The third-order valence-electron chi connectivity index (χ3n) is 4.63. The van der Waals surface area contributed by atoms with Gasteiger partial charge in [-0.2, -0.15) is 0 Å². The Morgan fingerprint density at radius 2 is 1.00 bits per heavy atom. The Morgan fingerprint density at radius 1 is 0.643 bits per heavy atom. The summed E-state index contributed by atoms with van der Waals surface area (Å²) in [4.78, 5) is 48.2. The molecule has 162 valence electrons. The summed E-state index contributed by atoms with van der Waals surface area (Å²) < 4.78 is 25.1. The van der Waals surface area contributed by atoms with E-state index in [0.717, 1.165) is 0 Å². The van der Waals surface area contributed by atoms with Crippen molar-refractivity contribution in [2.75, 3.05) is 41.2 Å². The van der Waals surface area contributed by atoms with Gasteiger partial charge in [0.1, 0.15) is 13.2 Å². The standard InChI is InChI=1S/C19H32O9/c1-9-19(10-24-6,11-27-15(22)17(2,3)13(20)25-7)12-28-16(23)18(4,5)14(21)26-8/h9-12H2,1-8H3. The van der Waals surface area contributed by atoms with Crippen LogP contribution in [0.25, 0.3) is 0 Å². The zero-order chi connectivity index (χ0) is 22.2. The summed E-state index contributed by atoms with van der Waals surface area (Å²) in [6.07, 6.45) is 0.443. The largest absolute Gasteiger partial charge is 0.468 e. The van der Waals surface area contributed by atoms with Crippen LogP contribution >= 0.6 is 0 Å². The van der Waals surface area contributed by atoms with Gasteiger partial charge in [0.2, 0.25) is 0 Å². The molecule has 9 nitrogen and oxygen atoms in total. The van der Waals surface area contributed by atoms with Crippen molar-refractivity contribution < 1.29 is 42.9 Å². The van der Waals surface area contributed by atoms with E-state index < -0.39 is 40.1 Å². The van der Waals surface area contributed by atoms with Gasteiger partial charge >= 0.3 is 23.9 Å². The van der Waals surface area contributed by atoms with Crippen LogP contribution in [0.3, 0.4) is 0 Å². The maximum absolute atomic E-state index is 12.3. The van der Waals surface area contributed by atoms with Crippen LogP contribution in [-0.4, -0.2) is 65.0 Å². The van der Waals surface area contributed by atoms with E-state index in [1.54, 1.807) is 0 Å². The van der Waals surface area contributed by atoms with Crippen molar-refractivity contribution in [3.8, 4) is 0 Å². The highest BCUT2D eigenvalue weighted by atomic mass is 16.6. The van der Waals surface area contributed by atoms with Crippen LogP contribution in [0, 0.1) is 16.2 Å². The van der Waals surface area contributed by atoms with E-state index in [4.69, 9.17) is 14.2 Å². The molecule has 0 aliphatic carbocycles. The Hall–Kier alpha value is -2.16. The number of rotatable bonds is 11. The molecular weight excluding hydrogens is 372 g/mol. The Morgan fingerprint density at radius 3 is 1.25 bits per heavy atom. The molecule has 9 heteroatoms. The summed E-state index contributed by atoms with van der Waals surface area (Å²) >= 11 is 0. The summed E-state index contributed by atoms with van der Waals surface area (Å²) in [5.74, 6) is -2.99. The Bertz CT molecular complexity index is 534. The third-order valence-corrected chi connectivity index (χ3v) is 4.63. The van der Waals surface area contributed by atoms with E-state index in [2.05, 4.69) is 9.47 Å². The minimum absolute atomic E-state index is 0.126. The van der Waals surface area contributed by atoms with Crippen LogP contribution in [0.15, 0.2) is 0 Å². The molecule has 0 spiro atoms. The molecule has 0 atom stereocenters. The van der Waals surface area contributed by atoms with Gasteiger partial charge in [-0.1, -0.05) is 6.92 Å². The molecule has 0 amide bonds. The summed E-state index contributed by atoms with van der Waals surface area (Å²) in [6, 6.07) is 0. The van der Waals surface area contributed by atoms with E-state index in [9.17, 15) is 19.2 Å². The van der Waals surface area contributed by atoms with Gasteiger partial charge in [0.25, 0.3) is 0 Å². The van der Waals surface area contributed by atoms with Crippen molar-refractivity contribution in [3.63, 3.8) is 0 Å². The van der Waals surface area contributed by atoms with E-state index in [1.165, 1.54) is 49.0 Å². The number of carbonyl (C=O) groups is 4. The SMILES string of the molecule is CCC(COC)(COC(=O)C(C)(C)C(=O)OC)COC(=O)C(C)(C)C(=O)OC. The van der Waals surface area contributed by atoms with Gasteiger partial charge in [-0.15, -0.1) is 0 Å². The summed E-state index contributed by atoms with van der Waals surface area (Å²) in [6.45, 7) is 7.21. The Kier molecular flexibility index (Phi) is 9.60. The second kappa shape index (κ2) is 10.4. The average molecular weight is 404 g/mol. The number of esters is 4. The second-order valence-electron chi connectivity index (χ2n) is 7.67. The fraction of sp³-hybridized carbons (Fsp3) is 0.789. The predicted molar refractivity (Wildman–Crippen MR) is 98.1 cm³/mol. The van der Waals surface area contributed by atoms with Crippen molar-refractivity contribution in [1.82, 2.24) is 0 Å². The van der Waals surface area contributed by atoms with Gasteiger partial charge in [0, 0.05) is 7.11 Å². The predicted octanol–water partition coefficient (Wildman–Crippen LogP) is 1.51. The third kappa shape index (κ3) is 6.19. The van der Waals surface area contributed by atoms with Crippen LogP contribution in [0.2, 0.25) is 0 Å². The van der Waals surface area contributed by atoms with E-state index in [-0.39, 0.29) is 19.8 Å². The zero-order valence-electron chi connectivity index (χ0n) is 18.0. The molecule has 0 aromatic rings. The first kappa shape index (κ1) is 25.8. The monoisotopic (exact) mass is 404 g/mol. The molecule has 0 radical (unpaired) electrons. The zero-order valence-corrected chi connectivity index (χ0v) is 18.0. The molecule has 0 fully saturated rings. The van der Waals surface area contributed by atoms with E-state index >= 15 is 0 Å². The normalized spacial score (nSPS) is 12.1. The lowest BCUT2D eigenvalue weighted by atomic mass is 9.87. The average Bonchev–Trinajstić information content (AvgIpc) is 2.67. The van der Waals surface area contributed by atoms with Gasteiger partial charge in [-0.3, -0.25) is 19.2 Å². The van der Waals surface area contributed by atoms with Gasteiger partial charge in [0.05, 0.1) is 26.2 Å². The smallest absolute Gasteiger partial charge is 0.322 e. The minimum atomic E-state index is -1.48. The first-order valence-electron chi connectivity index (χ1n) is 8.85. The second-order valence-corrected chi connectivity index (χ2v) is 7.67. The summed E-state index contributed by atoms with van der Waals surface area (Å²) in [5.41, 5.74) is -3.81. The molecule has 0 aromatic carbocycles. The lowest BCUT2D eigenvalue weighted by Crippen LogP contribution is -2.43. The number of hydrogen-bond acceptors (Lipinski definition) is 9. The molecule has 0 heterocycles. The van der Waals surface area contributed by atoms with Crippen LogP contribution in [0.4, 0.5) is 0 Å². The molecule has 0 aromatic heterocycles. The van der Waals surface area contributed by atoms with Gasteiger partial charge < -0.3 is 23.7 Å².